The highest BCUT2D eigenvalue weighted by molar-refractivity contribution is 14.1. The number of carbonyl (C=O) groups excluding carboxylic acids is 2. The Morgan fingerprint density at radius 1 is 0.738 bits per heavy atom. The molecule has 2 fully saturated rings. The Morgan fingerprint density at radius 2 is 1.28 bits per heavy atom. The molecule has 14 nitrogen and oxygen atoms in total. The van der Waals surface area contributed by atoms with Crippen LogP contribution in [0.2, 0.25) is 10.0 Å². The highest BCUT2D eigenvalue weighted by Crippen LogP contribution is 2.33. The van der Waals surface area contributed by atoms with Crippen molar-refractivity contribution in [1.29, 1.82) is 0 Å². The van der Waals surface area contributed by atoms with Crippen LogP contribution >= 0.6 is 45.8 Å². The van der Waals surface area contributed by atoms with E-state index in [1.165, 1.54) is 13.3 Å². The fourth-order valence-electron chi connectivity index (χ4n) is 8.76. The third kappa shape index (κ3) is 10.6. The molecule has 2 aliphatic rings. The molecule has 0 saturated carbocycles. The van der Waals surface area contributed by atoms with Gasteiger partial charge >= 0.3 is 0 Å². The number of rotatable bonds is 15. The van der Waals surface area contributed by atoms with Crippen LogP contribution in [0, 0.1) is 5.92 Å². The summed E-state index contributed by atoms with van der Waals surface area (Å²) in [6.45, 7) is 7.10. The second-order valence-electron chi connectivity index (χ2n) is 17.3. The lowest BCUT2D eigenvalue weighted by Gasteiger charge is -2.31. The number of ketones is 2. The Kier molecular flexibility index (Phi) is 14.4. The molecule has 6 aromatic rings. The number of anilines is 6. The zero-order valence-electron chi connectivity index (χ0n) is 37.1. The number of halogens is 3. The molecule has 2 N–H and O–H groups in total. The van der Waals surface area contributed by atoms with Gasteiger partial charge in [0, 0.05) is 90.3 Å². The maximum absolute atomic E-state index is 13.8. The van der Waals surface area contributed by atoms with Gasteiger partial charge in [0.25, 0.3) is 11.1 Å². The summed E-state index contributed by atoms with van der Waals surface area (Å²) in [6.07, 6.45) is 7.90. The SMILES string of the molecule is CCC1CCN(c2ncc(Cl)c(Nc3ccc4c(c3)cc(CCC(=O)Cc3nc(N5CCC(I)CC5)nc(Nc5ccc6c(c5)cc(CCC(C)=O)c(=O)n6C)c3Cl)c(=O)n4C)n2)CC1. The van der Waals surface area contributed by atoms with Crippen molar-refractivity contribution in [1.82, 2.24) is 29.1 Å². The molecule has 0 spiro atoms. The Labute approximate surface area is 401 Å². The molecule has 2 saturated heterocycles. The number of pyridine rings is 2. The smallest absolute Gasteiger partial charge is 0.253 e. The van der Waals surface area contributed by atoms with Crippen molar-refractivity contribution in [3.63, 3.8) is 0 Å². The van der Waals surface area contributed by atoms with Crippen LogP contribution in [-0.2, 0) is 42.9 Å². The lowest BCUT2D eigenvalue weighted by Crippen LogP contribution is -2.35. The first-order valence-electron chi connectivity index (χ1n) is 22.3. The van der Waals surface area contributed by atoms with Crippen molar-refractivity contribution in [3.8, 4) is 0 Å². The minimum atomic E-state index is -0.171. The van der Waals surface area contributed by atoms with E-state index in [2.05, 4.69) is 54.9 Å². The van der Waals surface area contributed by atoms with E-state index in [0.717, 1.165) is 85.3 Å². The van der Waals surface area contributed by atoms with E-state index in [-0.39, 0.29) is 53.4 Å². The lowest BCUT2D eigenvalue weighted by atomic mass is 9.95. The first-order chi connectivity index (χ1) is 31.2. The minimum absolute atomic E-state index is 0.0203. The zero-order chi connectivity index (χ0) is 45.9. The standard InChI is InChI=1S/C48H53Cl2IN10O4/c1-5-29-14-18-60(19-15-29)47-52-27-38(49)43(56-47)53-35-9-12-40-33(24-35)23-31(46(65)59(40)4)8-11-37(63)26-39-42(50)44(57-48(55-39)61-20-16-34(51)17-21-61)54-36-10-13-41-32(25-36)22-30(7-6-28(2)62)45(64)58(41)3/h9-10,12-13,22-25,27,29,34H,5-8,11,14-21,26H2,1-4H3,(H,52,53,56)(H,54,55,57). The van der Waals surface area contributed by atoms with Crippen LogP contribution in [0.4, 0.5) is 34.9 Å². The number of aryl methyl sites for hydroxylation is 4. The topological polar surface area (TPSA) is 160 Å². The van der Waals surface area contributed by atoms with Gasteiger partial charge < -0.3 is 34.4 Å². The molecule has 2 aliphatic heterocycles. The number of carbonyl (C=O) groups is 2. The van der Waals surface area contributed by atoms with E-state index in [0.29, 0.717) is 61.4 Å². The van der Waals surface area contributed by atoms with Crippen LogP contribution in [0.1, 0.15) is 75.6 Å². The van der Waals surface area contributed by atoms with Crippen LogP contribution in [0.25, 0.3) is 21.8 Å². The van der Waals surface area contributed by atoms with E-state index in [1.54, 1.807) is 29.4 Å². The molecule has 0 radical (unpaired) electrons. The number of nitrogens with one attached hydrogen (secondary N) is 2. The Morgan fingerprint density at radius 3 is 1.86 bits per heavy atom. The highest BCUT2D eigenvalue weighted by Gasteiger charge is 2.24. The van der Waals surface area contributed by atoms with Gasteiger partial charge in [-0.25, -0.2) is 9.97 Å². The number of Topliss-reactive ketones (excluding diaryl/α,β-unsaturated/α-hetero) is 2. The van der Waals surface area contributed by atoms with Crippen LogP contribution in [0.15, 0.2) is 64.3 Å². The fourth-order valence-corrected chi connectivity index (χ4v) is 9.65. The maximum atomic E-state index is 13.8. The molecule has 0 unspecified atom stereocenters. The summed E-state index contributed by atoms with van der Waals surface area (Å²) >= 11 is 16.1. The quantitative estimate of drug-likeness (QED) is 0.0744. The van der Waals surface area contributed by atoms with Crippen molar-refractivity contribution < 1.29 is 9.59 Å². The number of alkyl halides is 1. The lowest BCUT2D eigenvalue weighted by molar-refractivity contribution is -0.118. The van der Waals surface area contributed by atoms with Gasteiger partial charge in [0.15, 0.2) is 11.6 Å². The van der Waals surface area contributed by atoms with Crippen molar-refractivity contribution in [2.24, 2.45) is 20.0 Å². The van der Waals surface area contributed by atoms with Gasteiger partial charge in [-0.2, -0.15) is 9.97 Å². The summed E-state index contributed by atoms with van der Waals surface area (Å²) in [4.78, 5) is 75.6. The first-order valence-corrected chi connectivity index (χ1v) is 24.3. The van der Waals surface area contributed by atoms with Crippen LogP contribution < -0.4 is 31.6 Å². The molecule has 2 aromatic carbocycles. The second-order valence-corrected chi connectivity index (χ2v) is 19.8. The van der Waals surface area contributed by atoms with Crippen LogP contribution in [-0.4, -0.2) is 70.7 Å². The van der Waals surface area contributed by atoms with E-state index in [4.69, 9.17) is 38.2 Å². The van der Waals surface area contributed by atoms with Gasteiger partial charge in [-0.1, -0.05) is 59.1 Å². The normalized spacial score (nSPS) is 14.9. The van der Waals surface area contributed by atoms with E-state index in [9.17, 15) is 19.2 Å². The van der Waals surface area contributed by atoms with Crippen LogP contribution in [0.3, 0.4) is 0 Å². The second kappa shape index (κ2) is 20.2. The average molecular weight is 1030 g/mol. The summed E-state index contributed by atoms with van der Waals surface area (Å²) in [6, 6.07) is 15.0. The predicted molar refractivity (Wildman–Crippen MR) is 270 cm³/mol. The molecule has 17 heteroatoms. The average Bonchev–Trinajstić information content (AvgIpc) is 3.30. The van der Waals surface area contributed by atoms with Crippen molar-refractivity contribution >= 4 is 114 Å². The molecule has 8 rings (SSSR count). The third-order valence-corrected chi connectivity index (χ3v) is 14.6. The zero-order valence-corrected chi connectivity index (χ0v) is 40.8. The van der Waals surface area contributed by atoms with E-state index < -0.39 is 0 Å². The first kappa shape index (κ1) is 46.4. The number of hydrogen-bond donors (Lipinski definition) is 2. The molecule has 0 amide bonds. The van der Waals surface area contributed by atoms with Gasteiger partial charge in [-0.05, 0) is 99.9 Å². The molecule has 0 atom stereocenters. The molecular weight excluding hydrogens is 978 g/mol. The predicted octanol–water partition coefficient (Wildman–Crippen LogP) is 9.06. The van der Waals surface area contributed by atoms with Gasteiger partial charge in [-0.15, -0.1) is 0 Å². The number of hydrogen-bond acceptors (Lipinski definition) is 12. The summed E-state index contributed by atoms with van der Waals surface area (Å²) in [5.41, 5.74) is 4.09. The Hall–Kier alpha value is -5.13. The van der Waals surface area contributed by atoms with Crippen LogP contribution in [0.5, 0.6) is 0 Å². The number of benzene rings is 2. The molecular formula is C48H53Cl2IN10O4. The van der Waals surface area contributed by atoms with Gasteiger partial charge in [0.1, 0.15) is 21.6 Å². The minimum Gasteiger partial charge on any atom is -0.341 e. The fraction of sp³-hybridized carbons (Fsp3) is 0.417. The number of fused-ring (bicyclic) bond motifs is 2. The van der Waals surface area contributed by atoms with Crippen molar-refractivity contribution in [2.75, 3.05) is 46.6 Å². The highest BCUT2D eigenvalue weighted by atomic mass is 127. The monoisotopic (exact) mass is 1030 g/mol. The Balaban J connectivity index is 1.01. The summed E-state index contributed by atoms with van der Waals surface area (Å²) in [5.74, 6) is 2.63. The van der Waals surface area contributed by atoms with Gasteiger partial charge in [-0.3, -0.25) is 14.4 Å². The Bertz CT molecular complexity index is 2910. The molecule has 6 heterocycles. The molecule has 4 aromatic heterocycles. The van der Waals surface area contributed by atoms with Gasteiger partial charge in [0.2, 0.25) is 11.9 Å². The third-order valence-electron chi connectivity index (χ3n) is 12.7. The summed E-state index contributed by atoms with van der Waals surface area (Å²) in [5, 5.41) is 9.01. The summed E-state index contributed by atoms with van der Waals surface area (Å²) < 4.78 is 3.76. The number of piperidine rings is 2. The molecule has 0 aliphatic carbocycles. The maximum Gasteiger partial charge on any atom is 0.253 e. The van der Waals surface area contributed by atoms with Gasteiger partial charge in [0.05, 0.1) is 29.3 Å². The largest absolute Gasteiger partial charge is 0.341 e. The summed E-state index contributed by atoms with van der Waals surface area (Å²) in [7, 11) is 3.46. The van der Waals surface area contributed by atoms with E-state index in [1.807, 2.05) is 48.5 Å². The number of nitrogens with zero attached hydrogens (tertiary/aromatic N) is 8. The molecule has 65 heavy (non-hydrogen) atoms. The molecule has 340 valence electrons. The molecule has 0 bridgehead atoms. The number of aromatic nitrogens is 6. The van der Waals surface area contributed by atoms with E-state index >= 15 is 0 Å². The van der Waals surface area contributed by atoms with Crippen molar-refractivity contribution in [2.45, 2.75) is 82.0 Å². The van der Waals surface area contributed by atoms with Crippen molar-refractivity contribution in [3.05, 3.63) is 102 Å².